The van der Waals surface area contributed by atoms with Gasteiger partial charge in [0.15, 0.2) is 5.82 Å². The first kappa shape index (κ1) is 15.2. The molecular weight excluding hydrogens is 268 g/mol. The van der Waals surface area contributed by atoms with Gasteiger partial charge in [-0.2, -0.15) is 0 Å². The van der Waals surface area contributed by atoms with E-state index in [9.17, 15) is 22.4 Å². The van der Waals surface area contributed by atoms with E-state index in [2.05, 4.69) is 10.1 Å². The number of benzene rings is 1. The Morgan fingerprint density at radius 3 is 2.63 bits per heavy atom. The fourth-order valence-electron chi connectivity index (χ4n) is 1.26. The Morgan fingerprint density at radius 1 is 1.37 bits per heavy atom. The second kappa shape index (κ2) is 6.93. The van der Waals surface area contributed by atoms with E-state index in [-0.39, 0.29) is 24.4 Å². The standard InChI is InChI=1S/C11H12F4N2O2/c12-6-3-7(13)11(8(16)4-6)17-10(18)1-2-19-5-9(14)15/h3-4,9H,1-2,5,16H2,(H,17,18). The largest absolute Gasteiger partial charge is 0.397 e. The first-order valence-electron chi connectivity index (χ1n) is 5.30. The van der Waals surface area contributed by atoms with Crippen molar-refractivity contribution in [3.8, 4) is 0 Å². The number of carbonyl (C=O) groups excluding carboxylic acids is 1. The molecule has 0 aliphatic rings. The van der Waals surface area contributed by atoms with Crippen LogP contribution in [-0.2, 0) is 9.53 Å². The highest BCUT2D eigenvalue weighted by Crippen LogP contribution is 2.23. The van der Waals surface area contributed by atoms with E-state index >= 15 is 0 Å². The molecule has 1 amide bonds. The second-order valence-corrected chi connectivity index (χ2v) is 3.62. The second-order valence-electron chi connectivity index (χ2n) is 3.62. The average molecular weight is 280 g/mol. The Labute approximate surface area is 106 Å². The van der Waals surface area contributed by atoms with Crippen LogP contribution in [0, 0.1) is 11.6 Å². The summed E-state index contributed by atoms with van der Waals surface area (Å²) in [5.41, 5.74) is 4.73. The zero-order valence-electron chi connectivity index (χ0n) is 9.76. The quantitative estimate of drug-likeness (QED) is 0.477. The van der Waals surface area contributed by atoms with Crippen LogP contribution in [0.2, 0.25) is 0 Å². The van der Waals surface area contributed by atoms with E-state index in [1.54, 1.807) is 0 Å². The molecule has 0 saturated carbocycles. The van der Waals surface area contributed by atoms with E-state index in [0.717, 1.165) is 6.07 Å². The lowest BCUT2D eigenvalue weighted by molar-refractivity contribution is -0.117. The number of hydrogen-bond acceptors (Lipinski definition) is 3. The molecule has 1 aromatic rings. The minimum Gasteiger partial charge on any atom is -0.397 e. The summed E-state index contributed by atoms with van der Waals surface area (Å²) in [5, 5.41) is 2.12. The summed E-state index contributed by atoms with van der Waals surface area (Å²) in [7, 11) is 0. The van der Waals surface area contributed by atoms with E-state index in [0.29, 0.717) is 6.07 Å². The number of nitrogens with one attached hydrogen (secondary N) is 1. The lowest BCUT2D eigenvalue weighted by Gasteiger charge is -2.09. The molecule has 1 rings (SSSR count). The van der Waals surface area contributed by atoms with Crippen molar-refractivity contribution in [1.82, 2.24) is 0 Å². The molecule has 0 aliphatic heterocycles. The van der Waals surface area contributed by atoms with Crippen molar-refractivity contribution in [1.29, 1.82) is 0 Å². The lowest BCUT2D eigenvalue weighted by Crippen LogP contribution is -2.17. The van der Waals surface area contributed by atoms with Gasteiger partial charge >= 0.3 is 0 Å². The van der Waals surface area contributed by atoms with Crippen LogP contribution in [0.3, 0.4) is 0 Å². The first-order valence-corrected chi connectivity index (χ1v) is 5.30. The maximum Gasteiger partial charge on any atom is 0.261 e. The molecule has 8 heteroatoms. The number of hydrogen-bond donors (Lipinski definition) is 2. The monoisotopic (exact) mass is 280 g/mol. The normalized spacial score (nSPS) is 10.8. The number of alkyl halides is 2. The number of anilines is 2. The molecule has 0 bridgehead atoms. The molecule has 0 aromatic heterocycles. The van der Waals surface area contributed by atoms with E-state index in [1.807, 2.05) is 0 Å². The Kier molecular flexibility index (Phi) is 5.56. The number of rotatable bonds is 6. The van der Waals surface area contributed by atoms with Crippen molar-refractivity contribution in [3.63, 3.8) is 0 Å². The van der Waals surface area contributed by atoms with Gasteiger partial charge in [-0.15, -0.1) is 0 Å². The Balaban J connectivity index is 2.49. The van der Waals surface area contributed by atoms with Gasteiger partial charge in [0.25, 0.3) is 6.43 Å². The third kappa shape index (κ3) is 5.12. The van der Waals surface area contributed by atoms with Gasteiger partial charge < -0.3 is 15.8 Å². The van der Waals surface area contributed by atoms with E-state index < -0.39 is 30.6 Å². The van der Waals surface area contributed by atoms with Gasteiger partial charge in [0.1, 0.15) is 18.1 Å². The summed E-state index contributed by atoms with van der Waals surface area (Å²) in [4.78, 5) is 11.4. The highest BCUT2D eigenvalue weighted by molar-refractivity contribution is 5.94. The van der Waals surface area contributed by atoms with Gasteiger partial charge in [-0.3, -0.25) is 4.79 Å². The highest BCUT2D eigenvalue weighted by Gasteiger charge is 2.12. The van der Waals surface area contributed by atoms with Gasteiger partial charge in [0, 0.05) is 6.07 Å². The third-order valence-corrected chi connectivity index (χ3v) is 2.07. The summed E-state index contributed by atoms with van der Waals surface area (Å²) in [6.45, 7) is -1.01. The molecule has 19 heavy (non-hydrogen) atoms. The number of nitrogens with two attached hydrogens (primary N) is 1. The molecule has 0 saturated heterocycles. The summed E-state index contributed by atoms with van der Waals surface area (Å²) in [6, 6.07) is 1.42. The van der Waals surface area contributed by atoms with Crippen molar-refractivity contribution < 1.29 is 27.1 Å². The topological polar surface area (TPSA) is 64.3 Å². The van der Waals surface area contributed by atoms with Crippen LogP contribution in [0.25, 0.3) is 0 Å². The Hall–Kier alpha value is -1.83. The third-order valence-electron chi connectivity index (χ3n) is 2.07. The molecule has 3 N–H and O–H groups in total. The van der Waals surface area contributed by atoms with Gasteiger partial charge in [-0.05, 0) is 6.07 Å². The molecule has 0 heterocycles. The zero-order chi connectivity index (χ0) is 14.4. The van der Waals surface area contributed by atoms with E-state index in [4.69, 9.17) is 5.73 Å². The first-order chi connectivity index (χ1) is 8.90. The minimum atomic E-state index is -2.62. The summed E-state index contributed by atoms with van der Waals surface area (Å²) >= 11 is 0. The Morgan fingerprint density at radius 2 is 2.05 bits per heavy atom. The lowest BCUT2D eigenvalue weighted by atomic mass is 10.2. The van der Waals surface area contributed by atoms with Crippen LogP contribution in [0.4, 0.5) is 28.9 Å². The smallest absolute Gasteiger partial charge is 0.261 e. The fraction of sp³-hybridized carbons (Fsp3) is 0.364. The van der Waals surface area contributed by atoms with Gasteiger partial charge in [0.05, 0.1) is 18.7 Å². The van der Waals surface area contributed by atoms with Crippen LogP contribution < -0.4 is 11.1 Å². The maximum absolute atomic E-state index is 13.3. The van der Waals surface area contributed by atoms with E-state index in [1.165, 1.54) is 0 Å². The molecule has 0 fully saturated rings. The molecule has 4 nitrogen and oxygen atoms in total. The maximum atomic E-state index is 13.3. The fourth-order valence-corrected chi connectivity index (χ4v) is 1.26. The molecule has 0 unspecified atom stereocenters. The number of halogens is 4. The number of amides is 1. The SMILES string of the molecule is Nc1cc(F)cc(F)c1NC(=O)CCOCC(F)F. The van der Waals surface area contributed by atoms with Crippen molar-refractivity contribution in [2.75, 3.05) is 24.3 Å². The van der Waals surface area contributed by atoms with Crippen molar-refractivity contribution in [2.24, 2.45) is 0 Å². The minimum absolute atomic E-state index is 0.237. The van der Waals surface area contributed by atoms with Gasteiger partial charge in [-0.25, -0.2) is 17.6 Å². The number of nitrogen functional groups attached to an aromatic ring is 1. The zero-order valence-corrected chi connectivity index (χ0v) is 9.76. The summed E-state index contributed by atoms with van der Waals surface area (Å²) < 4.78 is 54.0. The van der Waals surface area contributed by atoms with Gasteiger partial charge in [-0.1, -0.05) is 0 Å². The number of ether oxygens (including phenoxy) is 1. The van der Waals surface area contributed by atoms with Crippen LogP contribution in [0.15, 0.2) is 12.1 Å². The summed E-state index contributed by atoms with van der Waals surface area (Å²) in [5.74, 6) is -2.56. The van der Waals surface area contributed by atoms with Crippen LogP contribution in [0.1, 0.15) is 6.42 Å². The molecule has 106 valence electrons. The molecule has 0 spiro atoms. The van der Waals surface area contributed by atoms with Crippen LogP contribution in [0.5, 0.6) is 0 Å². The van der Waals surface area contributed by atoms with Crippen molar-refractivity contribution in [3.05, 3.63) is 23.8 Å². The molecule has 1 aromatic carbocycles. The highest BCUT2D eigenvalue weighted by atomic mass is 19.3. The van der Waals surface area contributed by atoms with Crippen LogP contribution in [-0.4, -0.2) is 25.5 Å². The molecule has 0 atom stereocenters. The molecule has 0 aliphatic carbocycles. The Bertz CT molecular complexity index is 431. The number of carbonyl (C=O) groups is 1. The van der Waals surface area contributed by atoms with Crippen LogP contribution >= 0.6 is 0 Å². The van der Waals surface area contributed by atoms with Crippen molar-refractivity contribution in [2.45, 2.75) is 12.8 Å². The molecule has 0 radical (unpaired) electrons. The summed E-state index contributed by atoms with van der Waals surface area (Å²) in [6.07, 6.45) is -2.86. The molecular formula is C11H12F4N2O2. The van der Waals surface area contributed by atoms with Crippen molar-refractivity contribution >= 4 is 17.3 Å². The average Bonchev–Trinajstić information content (AvgIpc) is 2.29. The van der Waals surface area contributed by atoms with Gasteiger partial charge in [0.2, 0.25) is 5.91 Å². The predicted molar refractivity (Wildman–Crippen MR) is 60.8 cm³/mol. The predicted octanol–water partition coefficient (Wildman–Crippen LogP) is 2.16.